The second kappa shape index (κ2) is 4.99. The molecule has 0 radical (unpaired) electrons. The number of benzene rings is 1. The Bertz CT molecular complexity index is 691. The van der Waals surface area contributed by atoms with E-state index in [2.05, 4.69) is 0 Å². The van der Waals surface area contributed by atoms with E-state index in [1.165, 1.54) is 0 Å². The highest BCUT2D eigenvalue weighted by Gasteiger charge is 2.48. The van der Waals surface area contributed by atoms with E-state index in [1.807, 2.05) is 53.4 Å². The fourth-order valence-corrected chi connectivity index (χ4v) is 3.43. The van der Waals surface area contributed by atoms with Crippen LogP contribution in [0.3, 0.4) is 0 Å². The molecular weight excluding hydrogens is 276 g/mol. The van der Waals surface area contributed by atoms with Crippen LogP contribution >= 0.6 is 0 Å². The number of β-amino-alcohol motifs (C(OH)–C–C–N with tert-alkyl or cyclic N) is 1. The lowest BCUT2D eigenvalue weighted by Gasteiger charge is -2.23. The van der Waals surface area contributed by atoms with Crippen molar-refractivity contribution >= 4 is 5.91 Å². The molecule has 2 fully saturated rings. The molecule has 22 heavy (non-hydrogen) atoms. The lowest BCUT2D eigenvalue weighted by atomic mass is 9.97. The minimum absolute atomic E-state index is 0.0191. The summed E-state index contributed by atoms with van der Waals surface area (Å²) in [6.07, 6.45) is 6.83. The molecule has 0 bridgehead atoms. The van der Waals surface area contributed by atoms with Crippen molar-refractivity contribution in [2.75, 3.05) is 13.1 Å². The van der Waals surface area contributed by atoms with Crippen LogP contribution in [0.25, 0.3) is 5.69 Å². The van der Waals surface area contributed by atoms with E-state index in [4.69, 9.17) is 0 Å². The van der Waals surface area contributed by atoms with Gasteiger partial charge < -0.3 is 14.6 Å². The number of amides is 1. The van der Waals surface area contributed by atoms with Crippen LogP contribution in [0.15, 0.2) is 48.8 Å². The lowest BCUT2D eigenvalue weighted by Crippen LogP contribution is -2.37. The summed E-state index contributed by atoms with van der Waals surface area (Å²) in [5.74, 6) is 0.419. The van der Waals surface area contributed by atoms with Crippen molar-refractivity contribution in [1.29, 1.82) is 0 Å². The SMILES string of the molecule is O=C(c1cccc(-n2cccc2)c1)N1CCC(O)(C2CC2)C1. The first kappa shape index (κ1) is 13.6. The largest absolute Gasteiger partial charge is 0.388 e. The van der Waals surface area contributed by atoms with Gasteiger partial charge >= 0.3 is 0 Å². The molecule has 1 N–H and O–H groups in total. The molecule has 1 aliphatic heterocycles. The van der Waals surface area contributed by atoms with E-state index in [1.54, 1.807) is 4.90 Å². The number of rotatable bonds is 3. The Balaban J connectivity index is 1.55. The molecule has 1 saturated carbocycles. The van der Waals surface area contributed by atoms with Crippen molar-refractivity contribution < 1.29 is 9.90 Å². The molecule has 114 valence electrons. The van der Waals surface area contributed by atoms with Crippen molar-refractivity contribution in [3.63, 3.8) is 0 Å². The second-order valence-electron chi connectivity index (χ2n) is 6.50. The second-order valence-corrected chi connectivity index (χ2v) is 6.50. The summed E-state index contributed by atoms with van der Waals surface area (Å²) in [5.41, 5.74) is 1.02. The standard InChI is InChI=1S/C18H20N2O2/c21-17(20-11-8-18(22,13-20)15-6-7-15)14-4-3-5-16(12-14)19-9-1-2-10-19/h1-5,9-10,12,15,22H,6-8,11,13H2. The molecule has 1 aliphatic carbocycles. The maximum absolute atomic E-state index is 12.7. The van der Waals surface area contributed by atoms with Crippen LogP contribution in [-0.2, 0) is 0 Å². The molecule has 4 nitrogen and oxygen atoms in total. The van der Waals surface area contributed by atoms with Crippen molar-refractivity contribution in [2.24, 2.45) is 5.92 Å². The number of nitrogens with zero attached hydrogens (tertiary/aromatic N) is 2. The van der Waals surface area contributed by atoms with E-state index in [-0.39, 0.29) is 5.91 Å². The normalized spacial score (nSPS) is 24.7. The van der Waals surface area contributed by atoms with Crippen molar-refractivity contribution in [3.05, 3.63) is 54.4 Å². The van der Waals surface area contributed by atoms with E-state index < -0.39 is 5.60 Å². The van der Waals surface area contributed by atoms with Gasteiger partial charge in [0.05, 0.1) is 12.1 Å². The zero-order valence-corrected chi connectivity index (χ0v) is 12.5. The zero-order chi connectivity index (χ0) is 15.2. The Morgan fingerprint density at radius 1 is 1.18 bits per heavy atom. The van der Waals surface area contributed by atoms with Gasteiger partial charge in [0, 0.05) is 30.2 Å². The highest BCUT2D eigenvalue weighted by atomic mass is 16.3. The third kappa shape index (κ3) is 2.33. The van der Waals surface area contributed by atoms with E-state index in [0.29, 0.717) is 31.0 Å². The number of hydrogen-bond donors (Lipinski definition) is 1. The van der Waals surface area contributed by atoms with E-state index in [0.717, 1.165) is 18.5 Å². The maximum Gasteiger partial charge on any atom is 0.254 e. The number of aliphatic hydroxyl groups is 1. The van der Waals surface area contributed by atoms with Gasteiger partial charge in [0.25, 0.3) is 5.91 Å². The first-order valence-electron chi connectivity index (χ1n) is 7.91. The third-order valence-corrected chi connectivity index (χ3v) is 4.90. The van der Waals surface area contributed by atoms with E-state index in [9.17, 15) is 9.90 Å². The van der Waals surface area contributed by atoms with Crippen LogP contribution < -0.4 is 0 Å². The topological polar surface area (TPSA) is 45.5 Å². The van der Waals surface area contributed by atoms with Crippen LogP contribution in [-0.4, -0.2) is 39.2 Å². The predicted octanol–water partition coefficient (Wildman–Crippen LogP) is 2.46. The molecule has 2 aromatic rings. The molecule has 4 heteroatoms. The third-order valence-electron chi connectivity index (χ3n) is 4.90. The van der Waals surface area contributed by atoms with Gasteiger partial charge in [0.15, 0.2) is 0 Å². The first-order chi connectivity index (χ1) is 10.7. The number of hydrogen-bond acceptors (Lipinski definition) is 2. The lowest BCUT2D eigenvalue weighted by molar-refractivity contribution is 0.0257. The van der Waals surface area contributed by atoms with Gasteiger partial charge in [-0.3, -0.25) is 4.79 Å². The molecule has 2 heterocycles. The summed E-state index contributed by atoms with van der Waals surface area (Å²) in [6, 6.07) is 11.6. The van der Waals surface area contributed by atoms with Crippen molar-refractivity contribution in [3.8, 4) is 5.69 Å². The van der Waals surface area contributed by atoms with Gasteiger partial charge in [-0.2, -0.15) is 0 Å². The summed E-state index contributed by atoms with van der Waals surface area (Å²) in [5, 5.41) is 10.6. The number of carbonyl (C=O) groups is 1. The Morgan fingerprint density at radius 2 is 1.95 bits per heavy atom. The minimum Gasteiger partial charge on any atom is -0.388 e. The van der Waals surface area contributed by atoms with Crippen molar-refractivity contribution in [2.45, 2.75) is 24.9 Å². The maximum atomic E-state index is 12.7. The smallest absolute Gasteiger partial charge is 0.254 e. The molecule has 1 unspecified atom stereocenters. The van der Waals surface area contributed by atoms with Gasteiger partial charge in [-0.25, -0.2) is 0 Å². The Morgan fingerprint density at radius 3 is 2.68 bits per heavy atom. The highest BCUT2D eigenvalue weighted by molar-refractivity contribution is 5.95. The van der Waals surface area contributed by atoms with Crippen LogP contribution in [0.4, 0.5) is 0 Å². The summed E-state index contributed by atoms with van der Waals surface area (Å²) >= 11 is 0. The molecule has 1 aromatic heterocycles. The summed E-state index contributed by atoms with van der Waals surface area (Å²) in [4.78, 5) is 14.5. The van der Waals surface area contributed by atoms with Gasteiger partial charge in [-0.05, 0) is 55.5 Å². The van der Waals surface area contributed by atoms with Crippen LogP contribution in [0, 0.1) is 5.92 Å². The summed E-state index contributed by atoms with van der Waals surface area (Å²) in [6.45, 7) is 1.13. The highest BCUT2D eigenvalue weighted by Crippen LogP contribution is 2.44. The predicted molar refractivity (Wildman–Crippen MR) is 84.0 cm³/mol. The van der Waals surface area contributed by atoms with Gasteiger partial charge in [-0.1, -0.05) is 6.07 Å². The quantitative estimate of drug-likeness (QED) is 0.945. The minimum atomic E-state index is -0.645. The average molecular weight is 296 g/mol. The van der Waals surface area contributed by atoms with Gasteiger partial charge in [0.1, 0.15) is 0 Å². The Kier molecular flexibility index (Phi) is 3.08. The molecule has 1 amide bonds. The number of carbonyl (C=O) groups excluding carboxylic acids is 1. The Hall–Kier alpha value is -2.07. The monoisotopic (exact) mass is 296 g/mol. The molecule has 1 saturated heterocycles. The van der Waals surface area contributed by atoms with Crippen LogP contribution in [0.1, 0.15) is 29.6 Å². The molecule has 1 atom stereocenters. The fourth-order valence-electron chi connectivity index (χ4n) is 3.43. The Labute approximate surface area is 130 Å². The van der Waals surface area contributed by atoms with Gasteiger partial charge in [0.2, 0.25) is 0 Å². The summed E-state index contributed by atoms with van der Waals surface area (Å²) in [7, 11) is 0. The number of likely N-dealkylation sites (tertiary alicyclic amines) is 1. The molecular formula is C18H20N2O2. The molecule has 1 aromatic carbocycles. The summed E-state index contributed by atoms with van der Waals surface area (Å²) < 4.78 is 1.99. The number of aromatic nitrogens is 1. The van der Waals surface area contributed by atoms with Crippen LogP contribution in [0.5, 0.6) is 0 Å². The van der Waals surface area contributed by atoms with E-state index >= 15 is 0 Å². The zero-order valence-electron chi connectivity index (χ0n) is 12.5. The average Bonchev–Trinajstić information content (AvgIpc) is 3.12. The van der Waals surface area contributed by atoms with Crippen molar-refractivity contribution in [1.82, 2.24) is 9.47 Å². The van der Waals surface area contributed by atoms with Crippen LogP contribution in [0.2, 0.25) is 0 Å². The van der Waals surface area contributed by atoms with Gasteiger partial charge in [-0.15, -0.1) is 0 Å². The molecule has 4 rings (SSSR count). The fraction of sp³-hybridized carbons (Fsp3) is 0.389. The first-order valence-corrected chi connectivity index (χ1v) is 7.91. The molecule has 2 aliphatic rings. The molecule has 0 spiro atoms.